The van der Waals surface area contributed by atoms with Crippen LogP contribution >= 0.6 is 18.8 Å². The van der Waals surface area contributed by atoms with Gasteiger partial charge in [0.15, 0.2) is 0 Å². The molecule has 7 heteroatoms. The Balaban J connectivity index is 0.000000360. The van der Waals surface area contributed by atoms with Crippen LogP contribution in [-0.4, -0.2) is 0 Å². The fraction of sp³-hybridized carbons (Fsp3) is 0.125. The van der Waals surface area contributed by atoms with Crippen LogP contribution in [0.1, 0.15) is 11.1 Å². The molecule has 124 valence electrons. The number of nitriles is 2. The molecule has 0 aromatic heterocycles. The van der Waals surface area contributed by atoms with Crippen LogP contribution in [-0.2, 0) is 29.3 Å². The molecule has 0 aliphatic rings. The first-order valence-electron chi connectivity index (χ1n) is 6.12. The van der Waals surface area contributed by atoms with E-state index in [1.807, 2.05) is 12.1 Å². The number of rotatable bonds is 2. The van der Waals surface area contributed by atoms with Crippen molar-refractivity contribution in [3.05, 3.63) is 71.3 Å². The van der Waals surface area contributed by atoms with Crippen LogP contribution in [0.3, 0.4) is 0 Å². The van der Waals surface area contributed by atoms with Crippen LogP contribution in [0, 0.1) is 34.3 Å². The first-order valence-corrected chi connectivity index (χ1v) is 11.8. The fourth-order valence-electron chi connectivity index (χ4n) is 1.48. The molecule has 0 bridgehead atoms. The zero-order chi connectivity index (χ0) is 17.5. The van der Waals surface area contributed by atoms with Crippen molar-refractivity contribution in [2.45, 2.75) is 12.8 Å². The maximum absolute atomic E-state index is 12.4. The van der Waals surface area contributed by atoms with E-state index >= 15 is 0 Å². The molecule has 0 unspecified atom stereocenters. The van der Waals surface area contributed by atoms with Gasteiger partial charge in [0.05, 0.1) is 25.0 Å². The second kappa shape index (κ2) is 14.2. The first kappa shape index (κ1) is 21.5. The summed E-state index contributed by atoms with van der Waals surface area (Å²) in [5, 5.41) is 16.5. The van der Waals surface area contributed by atoms with E-state index in [1.54, 1.807) is 24.3 Å². The van der Waals surface area contributed by atoms with Gasteiger partial charge in [-0.15, -0.1) is 0 Å². The minimum atomic E-state index is -0.472. The van der Waals surface area contributed by atoms with Gasteiger partial charge in [-0.1, -0.05) is 24.3 Å². The van der Waals surface area contributed by atoms with Gasteiger partial charge < -0.3 is 0 Å². The van der Waals surface area contributed by atoms with Gasteiger partial charge in [0.25, 0.3) is 0 Å². The van der Waals surface area contributed by atoms with E-state index in [1.165, 1.54) is 24.3 Å². The van der Waals surface area contributed by atoms with E-state index < -0.39 is 16.5 Å². The summed E-state index contributed by atoms with van der Waals surface area (Å²) in [6.07, 6.45) is 0.551. The average Bonchev–Trinajstić information content (AvgIpc) is 2.49. The third-order valence-corrected chi connectivity index (χ3v) is 2.34. The number of nitrogens with zero attached hydrogens (tertiary/aromatic N) is 2. The van der Waals surface area contributed by atoms with Crippen LogP contribution in [0.2, 0.25) is 0 Å². The Morgan fingerprint density at radius 3 is 1.43 bits per heavy atom. The van der Waals surface area contributed by atoms with Crippen molar-refractivity contribution in [3.8, 4) is 12.1 Å². The molecule has 0 aliphatic heterocycles. The molecule has 2 aromatic carbocycles. The van der Waals surface area contributed by atoms with Crippen molar-refractivity contribution in [2.24, 2.45) is 0 Å². The second-order valence-corrected chi connectivity index (χ2v) is 7.26. The first-order chi connectivity index (χ1) is 11.1. The Bertz CT molecular complexity index is 612. The predicted molar refractivity (Wildman–Crippen MR) is 83.1 cm³/mol. The molecule has 0 radical (unpaired) electrons. The van der Waals surface area contributed by atoms with Gasteiger partial charge in [-0.05, 0) is 35.4 Å². The molecule has 2 rings (SSSR count). The van der Waals surface area contributed by atoms with E-state index in [4.69, 9.17) is 29.4 Å². The van der Waals surface area contributed by atoms with Gasteiger partial charge in [-0.3, -0.25) is 0 Å². The fourth-order valence-corrected chi connectivity index (χ4v) is 1.48. The van der Waals surface area contributed by atoms with Gasteiger partial charge in [0.1, 0.15) is 11.6 Å². The van der Waals surface area contributed by atoms with E-state index in [0.29, 0.717) is 0 Å². The summed E-state index contributed by atoms with van der Waals surface area (Å²) in [5.74, 6) is -0.569. The molecular weight excluding hydrogens is 524 g/mol. The third-order valence-electron chi connectivity index (χ3n) is 2.34. The Morgan fingerprint density at radius 1 is 0.826 bits per heavy atom. The van der Waals surface area contributed by atoms with Crippen molar-refractivity contribution >= 4 is 18.8 Å². The summed E-state index contributed by atoms with van der Waals surface area (Å²) in [6, 6.07) is 16.0. The van der Waals surface area contributed by atoms with E-state index in [9.17, 15) is 8.78 Å². The van der Waals surface area contributed by atoms with Crippen LogP contribution in [0.5, 0.6) is 0 Å². The molecule has 0 fully saturated rings. The van der Waals surface area contributed by atoms with Crippen molar-refractivity contribution in [1.29, 1.82) is 10.5 Å². The number of hydrogen-bond acceptors (Lipinski definition) is 2. The monoisotopic (exact) mass is 535 g/mol. The van der Waals surface area contributed by atoms with Crippen LogP contribution in [0.25, 0.3) is 0 Å². The Kier molecular flexibility index (Phi) is 13.3. The molecule has 0 amide bonds. The number of benzene rings is 2. The molecule has 2 nitrogen and oxygen atoms in total. The van der Waals surface area contributed by atoms with E-state index in [0.717, 1.165) is 11.1 Å². The molecule has 0 saturated heterocycles. The normalized spacial score (nSPS) is 8.61. The summed E-state index contributed by atoms with van der Waals surface area (Å²) in [6.45, 7) is 0. The summed E-state index contributed by atoms with van der Waals surface area (Å²) >= 11 is -0.472. The minimum absolute atomic E-state index is 0.276. The summed E-state index contributed by atoms with van der Waals surface area (Å²) in [5.41, 5.74) is 1.45. The van der Waals surface area contributed by atoms with Crippen LogP contribution < -0.4 is 0 Å². The Hall–Kier alpha value is -1.45. The standard InChI is InChI=1S/2C8H6FN.2ClH.Pt/c2*9-8-3-1-2-7(6-8)4-5-10;;;/h2*1-3,6H,4H2;2*1H;/q;;;;+2/p-2. The Labute approximate surface area is 150 Å². The Morgan fingerprint density at radius 2 is 1.17 bits per heavy atom. The van der Waals surface area contributed by atoms with Crippen LogP contribution in [0.4, 0.5) is 8.78 Å². The molecule has 2 aromatic rings. The van der Waals surface area contributed by atoms with Gasteiger partial charge >= 0.3 is 35.3 Å². The number of halogens is 4. The van der Waals surface area contributed by atoms with Gasteiger partial charge in [-0.2, -0.15) is 10.5 Å². The summed E-state index contributed by atoms with van der Waals surface area (Å²) in [4.78, 5) is 0. The molecular formula is C16H12Cl2F2N2Pt. The molecule has 0 atom stereocenters. The summed E-state index contributed by atoms with van der Waals surface area (Å²) in [7, 11) is 9.75. The van der Waals surface area contributed by atoms with E-state index in [2.05, 4.69) is 0 Å². The quantitative estimate of drug-likeness (QED) is 0.533. The van der Waals surface area contributed by atoms with Crippen molar-refractivity contribution in [1.82, 2.24) is 0 Å². The zero-order valence-electron chi connectivity index (χ0n) is 11.8. The van der Waals surface area contributed by atoms with Gasteiger partial charge in [-0.25, -0.2) is 8.78 Å². The molecule has 0 saturated carbocycles. The second-order valence-electron chi connectivity index (χ2n) is 3.97. The van der Waals surface area contributed by atoms with Crippen molar-refractivity contribution in [3.63, 3.8) is 0 Å². The molecule has 23 heavy (non-hydrogen) atoms. The maximum atomic E-state index is 12.4. The van der Waals surface area contributed by atoms with E-state index in [-0.39, 0.29) is 24.5 Å². The molecule has 0 aliphatic carbocycles. The molecule has 0 N–H and O–H groups in total. The van der Waals surface area contributed by atoms with Crippen molar-refractivity contribution < 1.29 is 25.3 Å². The SMILES string of the molecule is N#CCc1cccc(F)c1.N#CCc1cccc(F)c1.[Cl][Pt][Cl]. The number of hydrogen-bond donors (Lipinski definition) is 0. The molecule has 0 heterocycles. The van der Waals surface area contributed by atoms with Crippen molar-refractivity contribution in [2.75, 3.05) is 0 Å². The third kappa shape index (κ3) is 11.7. The van der Waals surface area contributed by atoms with Crippen LogP contribution in [0.15, 0.2) is 48.5 Å². The zero-order valence-corrected chi connectivity index (χ0v) is 15.5. The predicted octanol–water partition coefficient (Wildman–Crippen LogP) is 5.16. The average molecular weight is 536 g/mol. The molecule has 0 spiro atoms. The van der Waals surface area contributed by atoms with Gasteiger partial charge in [0, 0.05) is 0 Å². The topological polar surface area (TPSA) is 47.6 Å². The summed E-state index contributed by atoms with van der Waals surface area (Å²) < 4.78 is 24.8. The van der Waals surface area contributed by atoms with Gasteiger partial charge in [0.2, 0.25) is 0 Å².